The van der Waals surface area contributed by atoms with E-state index in [0.717, 1.165) is 49.7 Å². The fourth-order valence-electron chi connectivity index (χ4n) is 3.57. The molecule has 0 saturated carbocycles. The van der Waals surface area contributed by atoms with Crippen LogP contribution in [0.15, 0.2) is 60.1 Å². The third-order valence-corrected chi connectivity index (χ3v) is 7.56. The highest BCUT2D eigenvalue weighted by molar-refractivity contribution is 7.19. The quantitative estimate of drug-likeness (QED) is 0.329. The van der Waals surface area contributed by atoms with E-state index in [1.54, 1.807) is 25.6 Å². The van der Waals surface area contributed by atoms with Crippen LogP contribution in [0.2, 0.25) is 0 Å². The number of imidazole rings is 1. The van der Waals surface area contributed by atoms with Crippen molar-refractivity contribution < 1.29 is 14.3 Å². The molecule has 0 aliphatic heterocycles. The summed E-state index contributed by atoms with van der Waals surface area (Å²) in [5.41, 5.74) is 4.56. The molecule has 7 nitrogen and oxygen atoms in total. The number of thiazole rings is 2. The molecule has 9 heteroatoms. The van der Waals surface area contributed by atoms with Gasteiger partial charge in [0.25, 0.3) is 5.91 Å². The Morgan fingerprint density at radius 2 is 1.62 bits per heavy atom. The number of nitrogens with zero attached hydrogens (tertiary/aromatic N) is 3. The fourth-order valence-corrected chi connectivity index (χ4v) is 5.42. The molecule has 0 unspecified atom stereocenters. The molecule has 0 spiro atoms. The number of hydrogen-bond acceptors (Lipinski definition) is 7. The second kappa shape index (κ2) is 9.28. The van der Waals surface area contributed by atoms with Crippen molar-refractivity contribution >= 4 is 33.5 Å². The van der Waals surface area contributed by atoms with Gasteiger partial charge in [0, 0.05) is 28.4 Å². The smallest absolute Gasteiger partial charge is 0.263 e. The second-order valence-corrected chi connectivity index (χ2v) is 9.41. The van der Waals surface area contributed by atoms with Crippen molar-refractivity contribution in [2.75, 3.05) is 14.2 Å². The van der Waals surface area contributed by atoms with Crippen LogP contribution in [0.1, 0.15) is 21.1 Å². The van der Waals surface area contributed by atoms with Gasteiger partial charge < -0.3 is 14.8 Å². The van der Waals surface area contributed by atoms with Crippen molar-refractivity contribution in [3.63, 3.8) is 0 Å². The maximum Gasteiger partial charge on any atom is 0.263 e. The zero-order valence-electron chi connectivity index (χ0n) is 18.9. The predicted octanol–water partition coefficient (Wildman–Crippen LogP) is 5.44. The molecule has 1 amide bonds. The van der Waals surface area contributed by atoms with Gasteiger partial charge in [-0.15, -0.1) is 11.3 Å². The molecule has 0 atom stereocenters. The molecule has 5 rings (SSSR count). The number of aromatic nitrogens is 3. The molecule has 172 valence electrons. The molecule has 1 N–H and O–H groups in total. The lowest BCUT2D eigenvalue weighted by atomic mass is 10.2. The normalized spacial score (nSPS) is 11.0. The van der Waals surface area contributed by atoms with Crippen LogP contribution in [-0.4, -0.2) is 34.5 Å². The minimum atomic E-state index is -0.127. The van der Waals surface area contributed by atoms with Crippen LogP contribution in [0.3, 0.4) is 0 Å². The zero-order chi connectivity index (χ0) is 23.7. The topological polar surface area (TPSA) is 77.8 Å². The van der Waals surface area contributed by atoms with Crippen molar-refractivity contribution in [3.8, 4) is 33.3 Å². The first-order chi connectivity index (χ1) is 16.6. The number of carbonyl (C=O) groups excluding carboxylic acids is 1. The average Bonchev–Trinajstić information content (AvgIpc) is 3.59. The summed E-state index contributed by atoms with van der Waals surface area (Å²) in [5, 5.41) is 5.86. The van der Waals surface area contributed by atoms with E-state index in [4.69, 9.17) is 14.5 Å². The molecular formula is C25H22N4O3S2. The minimum absolute atomic E-state index is 0.127. The maximum atomic E-state index is 12.9. The number of rotatable bonds is 7. The lowest BCUT2D eigenvalue weighted by molar-refractivity contribution is 0.0953. The van der Waals surface area contributed by atoms with Crippen LogP contribution in [0, 0.1) is 6.92 Å². The van der Waals surface area contributed by atoms with Gasteiger partial charge in [-0.2, -0.15) is 0 Å². The van der Waals surface area contributed by atoms with E-state index in [0.29, 0.717) is 11.4 Å². The van der Waals surface area contributed by atoms with Crippen molar-refractivity contribution in [3.05, 3.63) is 76.4 Å². The van der Waals surface area contributed by atoms with Gasteiger partial charge >= 0.3 is 0 Å². The third kappa shape index (κ3) is 4.27. The zero-order valence-corrected chi connectivity index (χ0v) is 20.5. The van der Waals surface area contributed by atoms with Gasteiger partial charge in [-0.3, -0.25) is 9.20 Å². The van der Waals surface area contributed by atoms with Gasteiger partial charge in [0.15, 0.2) is 4.96 Å². The third-order valence-electron chi connectivity index (χ3n) is 5.47. The van der Waals surface area contributed by atoms with E-state index >= 15 is 0 Å². The van der Waals surface area contributed by atoms with Crippen LogP contribution < -0.4 is 14.8 Å². The Kier molecular flexibility index (Phi) is 6.04. The van der Waals surface area contributed by atoms with Gasteiger partial charge in [-0.1, -0.05) is 11.3 Å². The maximum absolute atomic E-state index is 12.9. The first-order valence-electron chi connectivity index (χ1n) is 10.6. The van der Waals surface area contributed by atoms with Crippen LogP contribution in [0.5, 0.6) is 11.5 Å². The molecule has 0 fully saturated rings. The number of ether oxygens (including phenoxy) is 2. The number of carbonyl (C=O) groups is 1. The summed E-state index contributed by atoms with van der Waals surface area (Å²) in [6, 6.07) is 15.5. The lowest BCUT2D eigenvalue weighted by Crippen LogP contribution is -2.22. The van der Waals surface area contributed by atoms with Crippen LogP contribution in [0.25, 0.3) is 26.8 Å². The summed E-state index contributed by atoms with van der Waals surface area (Å²) in [5.74, 6) is 1.48. The SMILES string of the molecule is COc1ccc(-c2cn3c(C)c(C(=O)NCc4csc(-c5ccc(OC)cc5)n4)sc3n2)cc1. The first-order valence-corrected chi connectivity index (χ1v) is 12.3. The molecule has 34 heavy (non-hydrogen) atoms. The van der Waals surface area contributed by atoms with Crippen molar-refractivity contribution in [2.45, 2.75) is 13.5 Å². The summed E-state index contributed by atoms with van der Waals surface area (Å²) in [4.78, 5) is 23.7. The summed E-state index contributed by atoms with van der Waals surface area (Å²) in [6.45, 7) is 2.30. The Bertz CT molecular complexity index is 1450. The Morgan fingerprint density at radius 1 is 0.971 bits per heavy atom. The van der Waals surface area contributed by atoms with E-state index in [9.17, 15) is 4.79 Å². The first kappa shape index (κ1) is 22.1. The Hall–Kier alpha value is -3.69. The lowest BCUT2D eigenvalue weighted by Gasteiger charge is -2.03. The van der Waals surface area contributed by atoms with Crippen molar-refractivity contribution in [1.29, 1.82) is 0 Å². The van der Waals surface area contributed by atoms with Crippen LogP contribution in [0.4, 0.5) is 0 Å². The van der Waals surface area contributed by atoms with Gasteiger partial charge in [-0.25, -0.2) is 9.97 Å². The van der Waals surface area contributed by atoms with Crippen molar-refractivity contribution in [2.24, 2.45) is 0 Å². The van der Waals surface area contributed by atoms with Gasteiger partial charge in [-0.05, 0) is 55.5 Å². The summed E-state index contributed by atoms with van der Waals surface area (Å²) < 4.78 is 12.4. The highest BCUT2D eigenvalue weighted by Crippen LogP contribution is 2.29. The monoisotopic (exact) mass is 490 g/mol. The van der Waals surface area contributed by atoms with Crippen molar-refractivity contribution in [1.82, 2.24) is 19.7 Å². The van der Waals surface area contributed by atoms with Crippen LogP contribution in [-0.2, 0) is 6.54 Å². The van der Waals surface area contributed by atoms with Crippen LogP contribution >= 0.6 is 22.7 Å². The molecular weight excluding hydrogens is 468 g/mol. The van der Waals surface area contributed by atoms with E-state index in [2.05, 4.69) is 10.3 Å². The Morgan fingerprint density at radius 3 is 2.24 bits per heavy atom. The molecule has 0 bridgehead atoms. The summed E-state index contributed by atoms with van der Waals surface area (Å²) in [6.07, 6.45) is 1.96. The molecule has 0 aliphatic rings. The largest absolute Gasteiger partial charge is 0.497 e. The minimum Gasteiger partial charge on any atom is -0.497 e. The molecule has 3 aromatic heterocycles. The number of nitrogens with one attached hydrogen (secondary N) is 1. The van der Waals surface area contributed by atoms with E-state index < -0.39 is 0 Å². The summed E-state index contributed by atoms with van der Waals surface area (Å²) >= 11 is 2.93. The van der Waals surface area contributed by atoms with Gasteiger partial charge in [0.2, 0.25) is 0 Å². The second-order valence-electron chi connectivity index (χ2n) is 7.58. The number of methoxy groups -OCH3 is 2. The van der Waals surface area contributed by atoms with Gasteiger partial charge in [0.1, 0.15) is 21.4 Å². The number of hydrogen-bond donors (Lipinski definition) is 1. The standard InChI is InChI=1S/C25H22N4O3S2/c1-15-22(34-25-28-21(13-29(15)25)16-4-8-19(31-2)9-5-16)23(30)26-12-18-14-33-24(27-18)17-6-10-20(32-3)11-7-17/h4-11,13-14H,12H2,1-3H3,(H,26,30). The molecule has 0 aliphatic carbocycles. The van der Waals surface area contributed by atoms with E-state index in [1.807, 2.05) is 71.4 Å². The highest BCUT2D eigenvalue weighted by Gasteiger charge is 2.18. The number of fused-ring (bicyclic) bond motifs is 1. The Labute approximate surface area is 204 Å². The fraction of sp³-hybridized carbons (Fsp3) is 0.160. The Balaban J connectivity index is 1.27. The molecule has 5 aromatic rings. The number of amides is 1. The van der Waals surface area contributed by atoms with Gasteiger partial charge in [0.05, 0.1) is 32.2 Å². The number of benzene rings is 2. The summed E-state index contributed by atoms with van der Waals surface area (Å²) in [7, 11) is 3.29. The predicted molar refractivity (Wildman–Crippen MR) is 135 cm³/mol. The van der Waals surface area contributed by atoms with E-state index in [1.165, 1.54) is 11.3 Å². The number of aryl methyl sites for hydroxylation is 1. The average molecular weight is 491 g/mol. The molecule has 0 saturated heterocycles. The highest BCUT2D eigenvalue weighted by atomic mass is 32.1. The van der Waals surface area contributed by atoms with E-state index in [-0.39, 0.29) is 5.91 Å². The molecule has 2 aromatic carbocycles. The molecule has 3 heterocycles. The molecule has 0 radical (unpaired) electrons.